The Bertz CT molecular complexity index is 2180. The highest BCUT2D eigenvalue weighted by Crippen LogP contribution is 2.45. The number of hydrogen-bond donors (Lipinski definition) is 0. The summed E-state index contributed by atoms with van der Waals surface area (Å²) in [5, 5.41) is 5.04. The van der Waals surface area contributed by atoms with Crippen LogP contribution in [-0.4, -0.2) is 12.2 Å². The van der Waals surface area contributed by atoms with Gasteiger partial charge in [0, 0.05) is 21.5 Å². The van der Waals surface area contributed by atoms with E-state index < -0.39 is 16.5 Å². The molecule has 5 aliphatic carbocycles. The zero-order chi connectivity index (χ0) is 35.6. The summed E-state index contributed by atoms with van der Waals surface area (Å²) in [5.41, 5.74) is 15.3. The summed E-state index contributed by atoms with van der Waals surface area (Å²) < 4.78 is 41.4. The van der Waals surface area contributed by atoms with Crippen LogP contribution in [0.3, 0.4) is 0 Å². The number of hydrogen-bond acceptors (Lipinski definition) is 6. The van der Waals surface area contributed by atoms with E-state index in [1.54, 1.807) is 0 Å². The minimum atomic E-state index is -1.73. The van der Waals surface area contributed by atoms with E-state index in [1.165, 1.54) is 117 Å². The molecule has 54 heavy (non-hydrogen) atoms. The van der Waals surface area contributed by atoms with Crippen LogP contribution in [0.25, 0.3) is 43.9 Å². The van der Waals surface area contributed by atoms with Crippen LogP contribution < -0.4 is 9.05 Å². The van der Waals surface area contributed by atoms with Gasteiger partial charge in [-0.15, -0.1) is 0 Å². The summed E-state index contributed by atoms with van der Waals surface area (Å²) in [6.45, 7) is 0. The average molecular weight is 761 g/mol. The molecule has 5 aliphatic rings. The normalized spacial score (nSPS) is 21.1. The molecule has 280 valence electrons. The monoisotopic (exact) mass is 760 g/mol. The molecule has 1 saturated carbocycles. The summed E-state index contributed by atoms with van der Waals surface area (Å²) in [4.78, 5) is 0. The molecular weight excluding hydrogens is 710 g/mol. The predicted molar refractivity (Wildman–Crippen MR) is 218 cm³/mol. The molecule has 0 unspecified atom stereocenters. The van der Waals surface area contributed by atoms with Crippen molar-refractivity contribution < 1.29 is 25.8 Å². The zero-order valence-electron chi connectivity index (χ0n) is 31.3. The zero-order valence-corrected chi connectivity index (χ0v) is 33.0. The maximum Gasteiger partial charge on any atom is 0.387 e. The summed E-state index contributed by atoms with van der Waals surface area (Å²) in [6, 6.07) is 17.9. The largest absolute Gasteiger partial charge is 0.399 e. The predicted octanol–water partition coefficient (Wildman–Crippen LogP) is 13.3. The molecule has 4 aromatic carbocycles. The second-order valence-corrected chi connectivity index (χ2v) is 18.6. The first-order chi connectivity index (χ1) is 26.7. The fraction of sp³-hybridized carbons (Fsp3) is 0.478. The minimum Gasteiger partial charge on any atom is -0.399 e. The second-order valence-electron chi connectivity index (χ2n) is 16.5. The Balaban J connectivity index is 1.02. The number of benzene rings is 4. The molecule has 1 fully saturated rings. The average Bonchev–Trinajstić information content (AvgIpc) is 3.49. The van der Waals surface area contributed by atoms with E-state index in [0.717, 1.165) is 99.4 Å². The molecule has 6 nitrogen and oxygen atoms in total. The van der Waals surface area contributed by atoms with Crippen LogP contribution in [0.1, 0.15) is 122 Å². The topological polar surface area (TPSA) is 71.0 Å². The lowest BCUT2D eigenvalue weighted by Crippen LogP contribution is -2.37. The van der Waals surface area contributed by atoms with E-state index in [-0.39, 0.29) is 12.2 Å². The van der Waals surface area contributed by atoms with Crippen LogP contribution in [0.15, 0.2) is 65.3 Å². The summed E-state index contributed by atoms with van der Waals surface area (Å²) in [6.07, 6.45) is 22.2. The molecule has 2 atom stereocenters. The lowest BCUT2D eigenvalue weighted by molar-refractivity contribution is 0.0710. The Morgan fingerprint density at radius 1 is 0.352 bits per heavy atom. The Hall–Kier alpha value is -3.40. The van der Waals surface area contributed by atoms with Gasteiger partial charge in [0.05, 0.1) is 0 Å². The van der Waals surface area contributed by atoms with Gasteiger partial charge in [-0.2, -0.15) is 0 Å². The van der Waals surface area contributed by atoms with Gasteiger partial charge in [-0.3, -0.25) is 9.05 Å². The lowest BCUT2D eigenvalue weighted by atomic mass is 9.84. The van der Waals surface area contributed by atoms with Crippen LogP contribution in [0.5, 0.6) is 0 Å². The Morgan fingerprint density at radius 2 is 0.630 bits per heavy atom. The van der Waals surface area contributed by atoms with Crippen molar-refractivity contribution in [1.29, 1.82) is 0 Å². The molecule has 0 saturated heterocycles. The van der Waals surface area contributed by atoms with Crippen LogP contribution >= 0.6 is 16.5 Å². The van der Waals surface area contributed by atoms with Crippen molar-refractivity contribution in [3.63, 3.8) is 0 Å². The molecule has 0 spiro atoms. The van der Waals surface area contributed by atoms with E-state index in [4.69, 9.17) is 25.8 Å². The fourth-order valence-electron chi connectivity index (χ4n) is 10.6. The third-order valence-electron chi connectivity index (χ3n) is 13.3. The molecule has 0 bridgehead atoms. The first-order valence-electron chi connectivity index (χ1n) is 21.0. The van der Waals surface area contributed by atoms with Crippen molar-refractivity contribution in [1.82, 2.24) is 0 Å². The maximum atomic E-state index is 6.98. The van der Waals surface area contributed by atoms with E-state index in [0.29, 0.717) is 0 Å². The molecule has 2 aromatic heterocycles. The van der Waals surface area contributed by atoms with Gasteiger partial charge in [0.25, 0.3) is 0 Å². The van der Waals surface area contributed by atoms with Gasteiger partial charge < -0.3 is 16.8 Å². The van der Waals surface area contributed by atoms with Crippen molar-refractivity contribution >= 4 is 60.4 Å². The van der Waals surface area contributed by atoms with Crippen LogP contribution in [0.4, 0.5) is 0 Å². The molecule has 8 heteroatoms. The van der Waals surface area contributed by atoms with E-state index in [1.807, 2.05) is 0 Å². The molecule has 0 aliphatic heterocycles. The Kier molecular flexibility index (Phi) is 8.96. The van der Waals surface area contributed by atoms with Crippen molar-refractivity contribution in [2.24, 2.45) is 0 Å². The fourth-order valence-corrected chi connectivity index (χ4v) is 13.0. The number of fused-ring (bicyclic) bond motifs is 14. The first kappa shape index (κ1) is 33.9. The minimum absolute atomic E-state index is 0.200. The number of rotatable bonds is 4. The summed E-state index contributed by atoms with van der Waals surface area (Å²) in [5.74, 6) is 0. The van der Waals surface area contributed by atoms with Gasteiger partial charge in [-0.1, -0.05) is 37.1 Å². The molecule has 11 rings (SSSR count). The van der Waals surface area contributed by atoms with Crippen molar-refractivity contribution in [3.8, 4) is 0 Å². The molecular formula is C46H50O6P2. The first-order valence-corrected chi connectivity index (χ1v) is 23.2. The third kappa shape index (κ3) is 5.99. The van der Waals surface area contributed by atoms with Crippen LogP contribution in [0.2, 0.25) is 0 Å². The van der Waals surface area contributed by atoms with Gasteiger partial charge in [0.1, 0.15) is 34.5 Å². The van der Waals surface area contributed by atoms with Gasteiger partial charge in [0.2, 0.25) is 0 Å². The summed E-state index contributed by atoms with van der Waals surface area (Å²) in [7, 11) is -3.45. The van der Waals surface area contributed by atoms with Crippen LogP contribution in [-0.2, 0) is 51.4 Å². The van der Waals surface area contributed by atoms with E-state index in [2.05, 4.69) is 48.5 Å². The van der Waals surface area contributed by atoms with Crippen molar-refractivity contribution in [2.75, 3.05) is 0 Å². The van der Waals surface area contributed by atoms with Gasteiger partial charge in [-0.25, -0.2) is 0 Å². The summed E-state index contributed by atoms with van der Waals surface area (Å²) >= 11 is 0. The highest BCUT2D eigenvalue weighted by atomic mass is 31.1. The van der Waals surface area contributed by atoms with E-state index in [9.17, 15) is 0 Å². The standard InChI is InChI=1S/C46H50O6P2/c1-5-15-33-29(11-1)21-25-39-43(33)44-34-16-6-2-12-30(34)22-26-40(44)50-53(49-39)47-37-19-9-10-20-38(37)48-54-51-41-27-23-31-13-3-7-17-35(31)45(41)46-36-18-8-4-14-32(36)24-28-42(46)52-54/h21-28,37-38H,1-20H2/t37-,38-/m0/s1. The molecule has 0 radical (unpaired) electrons. The Morgan fingerprint density at radius 3 is 0.926 bits per heavy atom. The quantitative estimate of drug-likeness (QED) is 0.178. The Labute approximate surface area is 318 Å². The van der Waals surface area contributed by atoms with Crippen molar-refractivity contribution in [2.45, 2.75) is 141 Å². The molecule has 2 heterocycles. The van der Waals surface area contributed by atoms with Crippen LogP contribution in [0, 0.1) is 0 Å². The van der Waals surface area contributed by atoms with Gasteiger partial charge >= 0.3 is 16.5 Å². The smallest absolute Gasteiger partial charge is 0.387 e. The van der Waals surface area contributed by atoms with E-state index >= 15 is 0 Å². The SMILES string of the molecule is c1cc2op(O[C@H]3CCCC[C@@H]3Op3oc4ccc5c(c4c4c6c(ccc4o3)CCCC6)CCCC5)oc3ccc4c(c3c2c2c1CCCC2)CCCC4. The molecule has 0 N–H and O–H groups in total. The highest BCUT2D eigenvalue weighted by Gasteiger charge is 2.32. The second kappa shape index (κ2) is 14.3. The molecule has 0 amide bonds. The number of aryl methyl sites for hydroxylation is 8. The van der Waals surface area contributed by atoms with Crippen molar-refractivity contribution in [3.05, 3.63) is 93.0 Å². The highest BCUT2D eigenvalue weighted by molar-refractivity contribution is 7.32. The third-order valence-corrected chi connectivity index (χ3v) is 15.5. The maximum absolute atomic E-state index is 6.98. The lowest BCUT2D eigenvalue weighted by Gasteiger charge is -2.28. The van der Waals surface area contributed by atoms with Gasteiger partial charge in [-0.05, 0) is 184 Å². The molecule has 6 aromatic rings. The van der Waals surface area contributed by atoms with Gasteiger partial charge in [0.15, 0.2) is 0 Å².